The zero-order valence-corrected chi connectivity index (χ0v) is 11.5. The van der Waals surface area contributed by atoms with Gasteiger partial charge in [0.15, 0.2) is 0 Å². The SMILES string of the molecule is CCNCC1CCCN1c1nccc2ccccc12. The van der Waals surface area contributed by atoms with E-state index in [0.717, 1.165) is 25.5 Å². The second-order valence-electron chi connectivity index (χ2n) is 5.15. The fourth-order valence-electron chi connectivity index (χ4n) is 2.97. The van der Waals surface area contributed by atoms with Crippen molar-refractivity contribution >= 4 is 16.6 Å². The molecule has 1 aliphatic rings. The Labute approximate surface area is 114 Å². The van der Waals surface area contributed by atoms with E-state index >= 15 is 0 Å². The molecule has 0 spiro atoms. The summed E-state index contributed by atoms with van der Waals surface area (Å²) < 4.78 is 0. The first-order valence-corrected chi connectivity index (χ1v) is 7.21. The van der Waals surface area contributed by atoms with E-state index < -0.39 is 0 Å². The van der Waals surface area contributed by atoms with Gasteiger partial charge >= 0.3 is 0 Å². The van der Waals surface area contributed by atoms with E-state index in [-0.39, 0.29) is 0 Å². The van der Waals surface area contributed by atoms with Gasteiger partial charge in [0.05, 0.1) is 0 Å². The van der Waals surface area contributed by atoms with E-state index in [4.69, 9.17) is 0 Å². The predicted octanol–water partition coefficient (Wildman–Crippen LogP) is 2.81. The third-order valence-corrected chi connectivity index (χ3v) is 3.93. The highest BCUT2D eigenvalue weighted by atomic mass is 15.2. The Kier molecular flexibility index (Phi) is 3.65. The standard InChI is InChI=1S/C16H21N3/c1-2-17-12-14-7-5-11-19(14)16-15-8-4-3-6-13(15)9-10-18-16/h3-4,6,8-10,14,17H,2,5,7,11-12H2,1H3. The molecule has 2 heterocycles. The van der Waals surface area contributed by atoms with E-state index in [1.54, 1.807) is 0 Å². The lowest BCUT2D eigenvalue weighted by atomic mass is 10.1. The minimum atomic E-state index is 0.582. The number of nitrogens with zero attached hydrogens (tertiary/aromatic N) is 2. The number of pyridine rings is 1. The lowest BCUT2D eigenvalue weighted by Crippen LogP contribution is -2.38. The molecular weight excluding hydrogens is 234 g/mol. The molecule has 0 radical (unpaired) electrons. The fourth-order valence-corrected chi connectivity index (χ4v) is 2.97. The topological polar surface area (TPSA) is 28.2 Å². The fraction of sp³-hybridized carbons (Fsp3) is 0.438. The molecule has 1 aromatic heterocycles. The highest BCUT2D eigenvalue weighted by Gasteiger charge is 2.26. The van der Waals surface area contributed by atoms with Crippen LogP contribution in [0.4, 0.5) is 5.82 Å². The Morgan fingerprint density at radius 2 is 2.21 bits per heavy atom. The maximum absolute atomic E-state index is 4.65. The van der Waals surface area contributed by atoms with Crippen molar-refractivity contribution < 1.29 is 0 Å². The number of fused-ring (bicyclic) bond motifs is 1. The number of likely N-dealkylation sites (N-methyl/N-ethyl adjacent to an activating group) is 1. The van der Waals surface area contributed by atoms with Gasteiger partial charge in [-0.15, -0.1) is 0 Å². The quantitative estimate of drug-likeness (QED) is 0.910. The average molecular weight is 255 g/mol. The Morgan fingerprint density at radius 3 is 3.11 bits per heavy atom. The molecule has 3 heteroatoms. The summed E-state index contributed by atoms with van der Waals surface area (Å²) in [5.74, 6) is 1.15. The van der Waals surface area contributed by atoms with Gasteiger partial charge in [-0.25, -0.2) is 4.98 Å². The first-order valence-electron chi connectivity index (χ1n) is 7.21. The summed E-state index contributed by atoms with van der Waals surface area (Å²) in [7, 11) is 0. The molecule has 0 amide bonds. The summed E-state index contributed by atoms with van der Waals surface area (Å²) in [5.41, 5.74) is 0. The van der Waals surface area contributed by atoms with E-state index in [2.05, 4.69) is 52.5 Å². The molecule has 0 saturated carbocycles. The zero-order chi connectivity index (χ0) is 13.1. The van der Waals surface area contributed by atoms with Gasteiger partial charge in [0.1, 0.15) is 5.82 Å². The molecule has 1 saturated heterocycles. The van der Waals surface area contributed by atoms with E-state index in [1.807, 2.05) is 6.20 Å². The van der Waals surface area contributed by atoms with Gasteiger partial charge in [-0.2, -0.15) is 0 Å². The molecule has 3 rings (SSSR count). The lowest BCUT2D eigenvalue weighted by Gasteiger charge is -2.27. The molecule has 1 aromatic carbocycles. The highest BCUT2D eigenvalue weighted by molar-refractivity contribution is 5.92. The molecule has 1 N–H and O–H groups in total. The Morgan fingerprint density at radius 1 is 1.32 bits per heavy atom. The van der Waals surface area contributed by atoms with Crippen molar-refractivity contribution in [1.82, 2.24) is 10.3 Å². The Hall–Kier alpha value is -1.61. The molecule has 1 atom stereocenters. The molecule has 1 unspecified atom stereocenters. The summed E-state index contributed by atoms with van der Waals surface area (Å²) in [5, 5.41) is 6.02. The number of benzene rings is 1. The second-order valence-corrected chi connectivity index (χ2v) is 5.15. The van der Waals surface area contributed by atoms with Crippen LogP contribution in [0.15, 0.2) is 36.5 Å². The van der Waals surface area contributed by atoms with E-state index in [1.165, 1.54) is 23.6 Å². The van der Waals surface area contributed by atoms with Crippen molar-refractivity contribution in [2.75, 3.05) is 24.5 Å². The molecule has 2 aromatic rings. The third kappa shape index (κ3) is 2.43. The van der Waals surface area contributed by atoms with Crippen LogP contribution in [0.1, 0.15) is 19.8 Å². The molecule has 100 valence electrons. The normalized spacial score (nSPS) is 19.2. The van der Waals surface area contributed by atoms with Gasteiger partial charge in [0.2, 0.25) is 0 Å². The molecule has 3 nitrogen and oxygen atoms in total. The monoisotopic (exact) mass is 255 g/mol. The number of aromatic nitrogens is 1. The van der Waals surface area contributed by atoms with Crippen LogP contribution in [0.2, 0.25) is 0 Å². The molecule has 1 aliphatic heterocycles. The van der Waals surface area contributed by atoms with Crippen LogP contribution in [0, 0.1) is 0 Å². The predicted molar refractivity (Wildman–Crippen MR) is 80.7 cm³/mol. The first kappa shape index (κ1) is 12.4. The van der Waals surface area contributed by atoms with Crippen LogP contribution >= 0.6 is 0 Å². The van der Waals surface area contributed by atoms with Gasteiger partial charge in [0, 0.05) is 30.7 Å². The third-order valence-electron chi connectivity index (χ3n) is 3.93. The second kappa shape index (κ2) is 5.57. The highest BCUT2D eigenvalue weighted by Crippen LogP contribution is 2.29. The van der Waals surface area contributed by atoms with Crippen LogP contribution in [-0.4, -0.2) is 30.7 Å². The van der Waals surface area contributed by atoms with Crippen LogP contribution in [0.25, 0.3) is 10.8 Å². The molecular formula is C16H21N3. The number of hydrogen-bond acceptors (Lipinski definition) is 3. The lowest BCUT2D eigenvalue weighted by molar-refractivity contribution is 0.585. The minimum Gasteiger partial charge on any atom is -0.352 e. The van der Waals surface area contributed by atoms with Gasteiger partial charge in [-0.05, 0) is 30.8 Å². The van der Waals surface area contributed by atoms with E-state index in [0.29, 0.717) is 6.04 Å². The van der Waals surface area contributed by atoms with Gasteiger partial charge in [0.25, 0.3) is 0 Å². The average Bonchev–Trinajstić information content (AvgIpc) is 2.92. The number of rotatable bonds is 4. The molecule has 1 fully saturated rings. The van der Waals surface area contributed by atoms with Gasteiger partial charge in [-0.1, -0.05) is 31.2 Å². The number of hydrogen-bond donors (Lipinski definition) is 1. The van der Waals surface area contributed by atoms with E-state index in [9.17, 15) is 0 Å². The number of anilines is 1. The van der Waals surface area contributed by atoms with Crippen molar-refractivity contribution in [2.45, 2.75) is 25.8 Å². The summed E-state index contributed by atoms with van der Waals surface area (Å²) >= 11 is 0. The molecule has 0 bridgehead atoms. The maximum Gasteiger partial charge on any atom is 0.136 e. The Balaban J connectivity index is 1.94. The van der Waals surface area contributed by atoms with Crippen LogP contribution in [0.5, 0.6) is 0 Å². The Bertz CT molecular complexity index is 547. The maximum atomic E-state index is 4.65. The van der Waals surface area contributed by atoms with Crippen LogP contribution < -0.4 is 10.2 Å². The molecule has 0 aliphatic carbocycles. The number of nitrogens with one attached hydrogen (secondary N) is 1. The smallest absolute Gasteiger partial charge is 0.136 e. The molecule has 19 heavy (non-hydrogen) atoms. The first-order chi connectivity index (χ1) is 9.40. The summed E-state index contributed by atoms with van der Waals surface area (Å²) in [4.78, 5) is 7.12. The van der Waals surface area contributed by atoms with Crippen molar-refractivity contribution in [2.24, 2.45) is 0 Å². The summed E-state index contributed by atoms with van der Waals surface area (Å²) in [6.07, 6.45) is 4.46. The van der Waals surface area contributed by atoms with Crippen LogP contribution in [0.3, 0.4) is 0 Å². The van der Waals surface area contributed by atoms with Crippen molar-refractivity contribution in [1.29, 1.82) is 0 Å². The minimum absolute atomic E-state index is 0.582. The van der Waals surface area contributed by atoms with Crippen molar-refractivity contribution in [3.05, 3.63) is 36.5 Å². The summed E-state index contributed by atoms with van der Waals surface area (Å²) in [6, 6.07) is 11.2. The largest absolute Gasteiger partial charge is 0.352 e. The van der Waals surface area contributed by atoms with Crippen LogP contribution in [-0.2, 0) is 0 Å². The zero-order valence-electron chi connectivity index (χ0n) is 11.5. The van der Waals surface area contributed by atoms with Crippen molar-refractivity contribution in [3.63, 3.8) is 0 Å². The van der Waals surface area contributed by atoms with Gasteiger partial charge < -0.3 is 10.2 Å². The summed E-state index contributed by atoms with van der Waals surface area (Å²) in [6.45, 7) is 5.38. The van der Waals surface area contributed by atoms with Crippen molar-refractivity contribution in [3.8, 4) is 0 Å². The van der Waals surface area contributed by atoms with Gasteiger partial charge in [-0.3, -0.25) is 0 Å².